The summed E-state index contributed by atoms with van der Waals surface area (Å²) in [7, 11) is 0. The van der Waals surface area contributed by atoms with Crippen LogP contribution in [0.5, 0.6) is 0 Å². The highest BCUT2D eigenvalue weighted by atomic mass is 32.1. The van der Waals surface area contributed by atoms with E-state index in [4.69, 9.17) is 5.73 Å². The third kappa shape index (κ3) is 2.04. The monoisotopic (exact) mass is 157 g/mol. The van der Waals surface area contributed by atoms with E-state index in [2.05, 4.69) is 10.2 Å². The van der Waals surface area contributed by atoms with E-state index in [0.29, 0.717) is 0 Å². The Labute approximate surface area is 64.3 Å². The van der Waals surface area contributed by atoms with Crippen molar-refractivity contribution in [3.63, 3.8) is 0 Å². The maximum Gasteiger partial charge on any atom is 0.118 e. The van der Waals surface area contributed by atoms with Gasteiger partial charge in [-0.1, -0.05) is 0 Å². The second kappa shape index (κ2) is 3.07. The van der Waals surface area contributed by atoms with Gasteiger partial charge in [0.15, 0.2) is 0 Å². The average molecular weight is 157 g/mol. The lowest BCUT2D eigenvalue weighted by Crippen LogP contribution is -2.17. The van der Waals surface area contributed by atoms with Crippen molar-refractivity contribution in [3.8, 4) is 0 Å². The van der Waals surface area contributed by atoms with E-state index in [-0.39, 0.29) is 6.04 Å². The van der Waals surface area contributed by atoms with Gasteiger partial charge in [0.1, 0.15) is 10.0 Å². The van der Waals surface area contributed by atoms with Crippen molar-refractivity contribution in [2.45, 2.75) is 26.3 Å². The molecule has 56 valence electrons. The molecule has 0 aliphatic rings. The first-order chi connectivity index (χ1) is 4.68. The molecule has 10 heavy (non-hydrogen) atoms. The first kappa shape index (κ1) is 7.63. The smallest absolute Gasteiger partial charge is 0.118 e. The van der Waals surface area contributed by atoms with Gasteiger partial charge in [0.05, 0.1) is 0 Å². The summed E-state index contributed by atoms with van der Waals surface area (Å²) in [6.45, 7) is 3.92. The van der Waals surface area contributed by atoms with Crippen molar-refractivity contribution in [2.75, 3.05) is 0 Å². The van der Waals surface area contributed by atoms with Crippen LogP contribution in [-0.4, -0.2) is 16.2 Å². The van der Waals surface area contributed by atoms with Crippen molar-refractivity contribution >= 4 is 11.3 Å². The zero-order valence-electron chi connectivity index (χ0n) is 6.16. The van der Waals surface area contributed by atoms with Crippen LogP contribution >= 0.6 is 11.3 Å². The lowest BCUT2D eigenvalue weighted by Gasteiger charge is -1.97. The van der Waals surface area contributed by atoms with E-state index in [1.165, 1.54) is 0 Å². The van der Waals surface area contributed by atoms with E-state index in [1.807, 2.05) is 13.8 Å². The molecule has 0 bridgehead atoms. The fraction of sp³-hybridized carbons (Fsp3) is 0.667. The van der Waals surface area contributed by atoms with Gasteiger partial charge in [-0.3, -0.25) is 0 Å². The third-order valence-corrected chi connectivity index (χ3v) is 1.93. The number of nitrogens with two attached hydrogens (primary N) is 1. The number of nitrogens with zero attached hydrogens (tertiary/aromatic N) is 2. The molecule has 1 heterocycles. The molecular weight excluding hydrogens is 146 g/mol. The summed E-state index contributed by atoms with van der Waals surface area (Å²) in [4.78, 5) is 0. The Hall–Kier alpha value is -0.480. The summed E-state index contributed by atoms with van der Waals surface area (Å²) >= 11 is 1.61. The van der Waals surface area contributed by atoms with E-state index < -0.39 is 0 Å². The van der Waals surface area contributed by atoms with Crippen LogP contribution in [-0.2, 0) is 6.42 Å². The van der Waals surface area contributed by atoms with Crippen molar-refractivity contribution in [2.24, 2.45) is 5.73 Å². The topological polar surface area (TPSA) is 51.8 Å². The highest BCUT2D eigenvalue weighted by molar-refractivity contribution is 7.11. The van der Waals surface area contributed by atoms with Crippen LogP contribution in [0.4, 0.5) is 0 Å². The minimum Gasteiger partial charge on any atom is -0.328 e. The van der Waals surface area contributed by atoms with Crippen molar-refractivity contribution in [1.82, 2.24) is 10.2 Å². The van der Waals surface area contributed by atoms with E-state index in [9.17, 15) is 0 Å². The van der Waals surface area contributed by atoms with Gasteiger partial charge < -0.3 is 5.73 Å². The van der Waals surface area contributed by atoms with Crippen LogP contribution in [0.3, 0.4) is 0 Å². The first-order valence-electron chi connectivity index (χ1n) is 3.23. The number of aryl methyl sites for hydroxylation is 1. The zero-order chi connectivity index (χ0) is 7.56. The second-order valence-electron chi connectivity index (χ2n) is 2.40. The molecule has 0 saturated carbocycles. The summed E-state index contributed by atoms with van der Waals surface area (Å²) < 4.78 is 0. The third-order valence-electron chi connectivity index (χ3n) is 1.06. The number of rotatable bonds is 2. The van der Waals surface area contributed by atoms with Crippen LogP contribution in [0.1, 0.15) is 16.9 Å². The normalized spacial score (nSPS) is 13.5. The molecule has 0 aliphatic heterocycles. The molecule has 0 saturated heterocycles. The van der Waals surface area contributed by atoms with Crippen LogP contribution in [0.15, 0.2) is 0 Å². The number of hydrogen-bond acceptors (Lipinski definition) is 4. The molecule has 3 nitrogen and oxygen atoms in total. The fourth-order valence-corrected chi connectivity index (χ4v) is 1.55. The molecule has 4 heteroatoms. The number of hydrogen-bond donors (Lipinski definition) is 1. The molecule has 0 aliphatic carbocycles. The molecule has 0 fully saturated rings. The standard InChI is InChI=1S/C6H11N3S/c1-4(7)3-6-9-8-5(2)10-6/h4H,3,7H2,1-2H3. The maximum absolute atomic E-state index is 5.57. The summed E-state index contributed by atoms with van der Waals surface area (Å²) in [5, 5.41) is 9.87. The summed E-state index contributed by atoms with van der Waals surface area (Å²) in [6, 6.07) is 0.187. The van der Waals surface area contributed by atoms with Crippen LogP contribution in [0, 0.1) is 6.92 Å². The summed E-state index contributed by atoms with van der Waals surface area (Å²) in [5.74, 6) is 0. The first-order valence-corrected chi connectivity index (χ1v) is 4.04. The molecule has 1 aromatic heterocycles. The van der Waals surface area contributed by atoms with Gasteiger partial charge in [-0.25, -0.2) is 0 Å². The molecule has 2 N–H and O–H groups in total. The predicted molar refractivity (Wildman–Crippen MR) is 42.0 cm³/mol. The predicted octanol–water partition coefficient (Wildman–Crippen LogP) is 0.736. The van der Waals surface area contributed by atoms with E-state index >= 15 is 0 Å². The Kier molecular flexibility index (Phi) is 2.34. The SMILES string of the molecule is Cc1nnc(CC(C)N)s1. The Balaban J connectivity index is 2.58. The molecule has 0 amide bonds. The molecule has 1 atom stereocenters. The van der Waals surface area contributed by atoms with Gasteiger partial charge in [0, 0.05) is 12.5 Å². The minimum absolute atomic E-state index is 0.187. The molecular formula is C6H11N3S. The van der Waals surface area contributed by atoms with Crippen molar-refractivity contribution < 1.29 is 0 Å². The Morgan fingerprint density at radius 3 is 2.70 bits per heavy atom. The average Bonchev–Trinajstić information content (AvgIpc) is 2.13. The van der Waals surface area contributed by atoms with Gasteiger partial charge in [-0.2, -0.15) is 0 Å². The fourth-order valence-electron chi connectivity index (χ4n) is 0.695. The Morgan fingerprint density at radius 2 is 2.30 bits per heavy atom. The van der Waals surface area contributed by atoms with Crippen molar-refractivity contribution in [3.05, 3.63) is 10.0 Å². The quantitative estimate of drug-likeness (QED) is 0.688. The minimum atomic E-state index is 0.187. The van der Waals surface area contributed by atoms with Crippen LogP contribution in [0.2, 0.25) is 0 Å². The zero-order valence-corrected chi connectivity index (χ0v) is 6.98. The van der Waals surface area contributed by atoms with Gasteiger partial charge in [0.2, 0.25) is 0 Å². The Bertz CT molecular complexity index is 207. The van der Waals surface area contributed by atoms with Crippen LogP contribution in [0.25, 0.3) is 0 Å². The van der Waals surface area contributed by atoms with Gasteiger partial charge in [-0.05, 0) is 13.8 Å². The molecule has 0 aromatic carbocycles. The second-order valence-corrected chi connectivity index (χ2v) is 3.66. The Morgan fingerprint density at radius 1 is 1.60 bits per heavy atom. The van der Waals surface area contributed by atoms with E-state index in [0.717, 1.165) is 16.4 Å². The van der Waals surface area contributed by atoms with Crippen molar-refractivity contribution in [1.29, 1.82) is 0 Å². The largest absolute Gasteiger partial charge is 0.328 e. The molecule has 0 spiro atoms. The highest BCUT2D eigenvalue weighted by Gasteiger charge is 2.02. The summed E-state index contributed by atoms with van der Waals surface area (Å²) in [5.41, 5.74) is 5.57. The lowest BCUT2D eigenvalue weighted by molar-refractivity contribution is 0.725. The van der Waals surface area contributed by atoms with Gasteiger partial charge in [-0.15, -0.1) is 21.5 Å². The van der Waals surface area contributed by atoms with Crippen LogP contribution < -0.4 is 5.73 Å². The summed E-state index contributed by atoms with van der Waals surface area (Å²) in [6.07, 6.45) is 0.839. The van der Waals surface area contributed by atoms with Gasteiger partial charge >= 0.3 is 0 Å². The molecule has 1 rings (SSSR count). The lowest BCUT2D eigenvalue weighted by atomic mass is 10.3. The highest BCUT2D eigenvalue weighted by Crippen LogP contribution is 2.08. The molecule has 1 unspecified atom stereocenters. The molecule has 0 radical (unpaired) electrons. The van der Waals surface area contributed by atoms with E-state index in [1.54, 1.807) is 11.3 Å². The maximum atomic E-state index is 5.57. The number of aromatic nitrogens is 2. The van der Waals surface area contributed by atoms with Gasteiger partial charge in [0.25, 0.3) is 0 Å². The molecule has 1 aromatic rings.